The Balaban J connectivity index is 2.73. The highest BCUT2D eigenvalue weighted by atomic mass is 35.5. The summed E-state index contributed by atoms with van der Waals surface area (Å²) in [6.45, 7) is 0. The lowest BCUT2D eigenvalue weighted by atomic mass is 10.1. The van der Waals surface area contributed by atoms with Crippen molar-refractivity contribution in [3.05, 3.63) is 39.9 Å². The maximum absolute atomic E-state index is 12.9. The second-order valence-corrected chi connectivity index (χ2v) is 7.83. The molecular weight excluding hydrogens is 433 g/mol. The number of benzene rings is 2. The van der Waals surface area contributed by atoms with Crippen LogP contribution in [0, 0.1) is 0 Å². The molecule has 0 aromatic heterocycles. The minimum atomic E-state index is -4.20. The zero-order valence-corrected chi connectivity index (χ0v) is 17.7. The van der Waals surface area contributed by atoms with Gasteiger partial charge in [-0.3, -0.25) is 4.72 Å². The number of halogens is 2. The van der Waals surface area contributed by atoms with Crippen LogP contribution in [-0.4, -0.2) is 42.8 Å². The summed E-state index contributed by atoms with van der Waals surface area (Å²) in [5.74, 6) is -0.659. The Kier molecular flexibility index (Phi) is 6.87. The molecule has 0 spiro atoms. The maximum Gasteiger partial charge on any atom is 0.340 e. The normalized spacial score (nSPS) is 10.9. The van der Waals surface area contributed by atoms with Crippen molar-refractivity contribution in [1.82, 2.24) is 0 Å². The molecular formula is C17H17Cl2NO7S. The Morgan fingerprint density at radius 1 is 0.893 bits per heavy atom. The molecule has 0 saturated heterocycles. The van der Waals surface area contributed by atoms with Crippen LogP contribution in [0.5, 0.6) is 17.2 Å². The largest absolute Gasteiger partial charge is 0.493 e. The predicted molar refractivity (Wildman–Crippen MR) is 105 cm³/mol. The first kappa shape index (κ1) is 21.9. The molecule has 2 rings (SSSR count). The van der Waals surface area contributed by atoms with E-state index in [-0.39, 0.29) is 43.4 Å². The summed E-state index contributed by atoms with van der Waals surface area (Å²) < 4.78 is 48.5. The lowest BCUT2D eigenvalue weighted by Gasteiger charge is -2.19. The number of hydrogen-bond acceptors (Lipinski definition) is 7. The highest BCUT2D eigenvalue weighted by Gasteiger charge is 2.28. The van der Waals surface area contributed by atoms with E-state index in [1.54, 1.807) is 0 Å². The molecule has 1 N–H and O–H groups in total. The van der Waals surface area contributed by atoms with Crippen LogP contribution in [0.1, 0.15) is 10.4 Å². The van der Waals surface area contributed by atoms with Gasteiger partial charge in [-0.2, -0.15) is 0 Å². The molecule has 0 amide bonds. The zero-order chi connectivity index (χ0) is 21.1. The topological polar surface area (TPSA) is 100 Å². The highest BCUT2D eigenvalue weighted by molar-refractivity contribution is 7.92. The van der Waals surface area contributed by atoms with E-state index in [9.17, 15) is 13.2 Å². The van der Waals surface area contributed by atoms with Crippen LogP contribution < -0.4 is 18.9 Å². The standard InChI is InChI=1S/C17H17Cl2NO7S/c1-24-13-8-12(17(21)27-4)14(16(26-3)15(13)25-2)20-28(22,23)11-6-9(18)5-10(19)7-11/h5-8,20H,1-4H3. The molecule has 0 saturated carbocycles. The van der Waals surface area contributed by atoms with E-state index in [2.05, 4.69) is 4.72 Å². The van der Waals surface area contributed by atoms with E-state index in [1.165, 1.54) is 45.6 Å². The molecule has 28 heavy (non-hydrogen) atoms. The van der Waals surface area contributed by atoms with Crippen LogP contribution in [0.4, 0.5) is 5.69 Å². The molecule has 2 aromatic carbocycles. The van der Waals surface area contributed by atoms with Gasteiger partial charge in [0.2, 0.25) is 5.75 Å². The number of anilines is 1. The molecule has 0 radical (unpaired) electrons. The number of nitrogens with one attached hydrogen (secondary N) is 1. The molecule has 0 unspecified atom stereocenters. The Hall–Kier alpha value is -2.36. The van der Waals surface area contributed by atoms with Gasteiger partial charge in [-0.05, 0) is 18.2 Å². The third-order valence-electron chi connectivity index (χ3n) is 3.62. The molecule has 8 nitrogen and oxygen atoms in total. The van der Waals surface area contributed by atoms with Crippen molar-refractivity contribution in [3.8, 4) is 17.2 Å². The smallest absolute Gasteiger partial charge is 0.340 e. The van der Waals surface area contributed by atoms with Crippen molar-refractivity contribution in [2.24, 2.45) is 0 Å². The van der Waals surface area contributed by atoms with Gasteiger partial charge in [0.05, 0.1) is 38.9 Å². The van der Waals surface area contributed by atoms with Gasteiger partial charge in [0.1, 0.15) is 5.69 Å². The minimum Gasteiger partial charge on any atom is -0.493 e. The number of carbonyl (C=O) groups is 1. The van der Waals surface area contributed by atoms with Crippen molar-refractivity contribution in [2.75, 3.05) is 33.2 Å². The van der Waals surface area contributed by atoms with Crippen LogP contribution in [0.25, 0.3) is 0 Å². The van der Waals surface area contributed by atoms with Gasteiger partial charge in [-0.15, -0.1) is 0 Å². The van der Waals surface area contributed by atoms with Crippen LogP contribution in [0.3, 0.4) is 0 Å². The summed E-state index contributed by atoms with van der Waals surface area (Å²) in [4.78, 5) is 12.0. The van der Waals surface area contributed by atoms with Crippen molar-refractivity contribution in [1.29, 1.82) is 0 Å². The summed E-state index contributed by atoms with van der Waals surface area (Å²) in [5.41, 5.74) is -0.336. The SMILES string of the molecule is COC(=O)c1cc(OC)c(OC)c(OC)c1NS(=O)(=O)c1cc(Cl)cc(Cl)c1. The van der Waals surface area contributed by atoms with Crippen molar-refractivity contribution in [3.63, 3.8) is 0 Å². The van der Waals surface area contributed by atoms with Crippen molar-refractivity contribution in [2.45, 2.75) is 4.90 Å². The van der Waals surface area contributed by atoms with Gasteiger partial charge in [-0.25, -0.2) is 13.2 Å². The summed E-state index contributed by atoms with van der Waals surface area (Å²) in [7, 11) is 0.932. The molecule has 152 valence electrons. The monoisotopic (exact) mass is 449 g/mol. The summed E-state index contributed by atoms with van der Waals surface area (Å²) >= 11 is 11.8. The third-order valence-corrected chi connectivity index (χ3v) is 5.38. The Labute approximate surface area is 172 Å². The number of esters is 1. The number of hydrogen-bond donors (Lipinski definition) is 1. The lowest BCUT2D eigenvalue weighted by Crippen LogP contribution is -2.17. The van der Waals surface area contributed by atoms with Crippen LogP contribution in [0.15, 0.2) is 29.2 Å². The first-order valence-corrected chi connectivity index (χ1v) is 9.82. The summed E-state index contributed by atoms with van der Waals surface area (Å²) in [6.07, 6.45) is 0. The summed E-state index contributed by atoms with van der Waals surface area (Å²) in [6, 6.07) is 5.08. The number of carbonyl (C=O) groups excluding carboxylic acids is 1. The van der Waals surface area contributed by atoms with Crippen LogP contribution in [0.2, 0.25) is 10.0 Å². The Bertz CT molecular complexity index is 989. The number of rotatable bonds is 7. The van der Waals surface area contributed by atoms with Gasteiger partial charge in [0.25, 0.3) is 10.0 Å². The van der Waals surface area contributed by atoms with Crippen LogP contribution >= 0.6 is 23.2 Å². The fraction of sp³-hybridized carbons (Fsp3) is 0.235. The fourth-order valence-corrected chi connectivity index (χ4v) is 4.21. The van der Waals surface area contributed by atoms with Crippen molar-refractivity contribution >= 4 is 44.9 Å². The minimum absolute atomic E-state index is 0.0704. The predicted octanol–water partition coefficient (Wildman–Crippen LogP) is 3.61. The fourth-order valence-electron chi connectivity index (χ4n) is 2.41. The molecule has 0 fully saturated rings. The second-order valence-electron chi connectivity index (χ2n) is 5.27. The maximum atomic E-state index is 12.9. The second kappa shape index (κ2) is 8.76. The third kappa shape index (κ3) is 4.37. The highest BCUT2D eigenvalue weighted by Crippen LogP contribution is 2.46. The first-order valence-electron chi connectivity index (χ1n) is 7.58. The summed E-state index contributed by atoms with van der Waals surface area (Å²) in [5, 5.41) is 0.251. The van der Waals surface area contributed by atoms with Gasteiger partial charge >= 0.3 is 5.97 Å². The van der Waals surface area contributed by atoms with Crippen LogP contribution in [-0.2, 0) is 14.8 Å². The number of ether oxygens (including phenoxy) is 4. The number of methoxy groups -OCH3 is 4. The van der Waals surface area contributed by atoms with E-state index in [4.69, 9.17) is 42.1 Å². The Morgan fingerprint density at radius 2 is 1.46 bits per heavy atom. The van der Waals surface area contributed by atoms with Gasteiger partial charge in [0, 0.05) is 16.1 Å². The zero-order valence-electron chi connectivity index (χ0n) is 15.3. The van der Waals surface area contributed by atoms with Gasteiger partial charge in [0.15, 0.2) is 11.5 Å². The van der Waals surface area contributed by atoms with E-state index in [1.807, 2.05) is 0 Å². The quantitative estimate of drug-likeness (QED) is 0.644. The average molecular weight is 450 g/mol. The van der Waals surface area contributed by atoms with Crippen molar-refractivity contribution < 1.29 is 32.2 Å². The molecule has 0 aliphatic carbocycles. The Morgan fingerprint density at radius 3 is 1.93 bits per heavy atom. The average Bonchev–Trinajstić information content (AvgIpc) is 2.65. The molecule has 11 heteroatoms. The molecule has 0 atom stereocenters. The molecule has 0 bridgehead atoms. The molecule has 0 aliphatic rings. The van der Waals surface area contributed by atoms with E-state index in [0.29, 0.717) is 0 Å². The van der Waals surface area contributed by atoms with E-state index >= 15 is 0 Å². The molecule has 0 aliphatic heterocycles. The molecule has 0 heterocycles. The van der Waals surface area contributed by atoms with E-state index < -0.39 is 16.0 Å². The molecule has 2 aromatic rings. The van der Waals surface area contributed by atoms with Gasteiger partial charge in [-0.1, -0.05) is 23.2 Å². The van der Waals surface area contributed by atoms with Gasteiger partial charge < -0.3 is 18.9 Å². The lowest BCUT2D eigenvalue weighted by molar-refractivity contribution is 0.0601. The number of sulfonamides is 1. The van der Waals surface area contributed by atoms with E-state index in [0.717, 1.165) is 7.11 Å². The first-order chi connectivity index (χ1) is 13.2.